The fourth-order valence-corrected chi connectivity index (χ4v) is 3.63. The summed E-state index contributed by atoms with van der Waals surface area (Å²) in [6.07, 6.45) is 6.91. The third kappa shape index (κ3) is 3.47. The summed E-state index contributed by atoms with van der Waals surface area (Å²) in [6.45, 7) is 0.798. The van der Waals surface area contributed by atoms with Gasteiger partial charge < -0.3 is 4.90 Å². The third-order valence-corrected chi connectivity index (χ3v) is 5.27. The molecule has 1 aliphatic carbocycles. The molecular formula is C16H18N2OS2. The Morgan fingerprint density at radius 2 is 2.29 bits per heavy atom. The van der Waals surface area contributed by atoms with E-state index < -0.39 is 0 Å². The average Bonchev–Trinajstić information content (AvgIpc) is 3.22. The number of amides is 1. The summed E-state index contributed by atoms with van der Waals surface area (Å²) in [5, 5.41) is 2.91. The van der Waals surface area contributed by atoms with Crippen LogP contribution in [0, 0.1) is 0 Å². The van der Waals surface area contributed by atoms with Crippen LogP contribution < -0.4 is 0 Å². The fourth-order valence-electron chi connectivity index (χ4n) is 2.39. The molecule has 0 bridgehead atoms. The molecule has 3 nitrogen and oxygen atoms in total. The summed E-state index contributed by atoms with van der Waals surface area (Å²) in [4.78, 5) is 20.5. The second-order valence-electron chi connectivity index (χ2n) is 5.12. The lowest BCUT2D eigenvalue weighted by Gasteiger charge is -2.23. The molecule has 2 aromatic heterocycles. The Morgan fingerprint density at radius 3 is 2.95 bits per heavy atom. The molecule has 0 saturated heterocycles. The maximum Gasteiger partial charge on any atom is 0.256 e. The number of thioether (sulfide) groups is 1. The van der Waals surface area contributed by atoms with Crippen molar-refractivity contribution in [1.29, 1.82) is 0 Å². The molecule has 0 N–H and O–H groups in total. The fraction of sp³-hybridized carbons (Fsp3) is 0.375. The minimum atomic E-state index is 0.131. The molecule has 21 heavy (non-hydrogen) atoms. The zero-order valence-electron chi connectivity index (χ0n) is 12.0. The van der Waals surface area contributed by atoms with E-state index in [2.05, 4.69) is 22.5 Å². The van der Waals surface area contributed by atoms with E-state index in [1.54, 1.807) is 17.5 Å². The number of hydrogen-bond donors (Lipinski definition) is 0. The largest absolute Gasteiger partial charge is 0.335 e. The van der Waals surface area contributed by atoms with Crippen molar-refractivity contribution < 1.29 is 4.79 Å². The number of carbonyl (C=O) groups is 1. The van der Waals surface area contributed by atoms with E-state index >= 15 is 0 Å². The summed E-state index contributed by atoms with van der Waals surface area (Å²) in [6, 6.07) is 8.36. The Balaban J connectivity index is 1.75. The molecule has 5 heteroatoms. The normalized spacial score (nSPS) is 14.1. The molecule has 1 fully saturated rings. The van der Waals surface area contributed by atoms with Gasteiger partial charge in [0.15, 0.2) is 0 Å². The van der Waals surface area contributed by atoms with Crippen LogP contribution in [0.5, 0.6) is 0 Å². The monoisotopic (exact) mass is 318 g/mol. The number of aromatic nitrogens is 1. The SMILES string of the molecule is CSc1ncccc1C(=O)N(CCc1cccs1)C1CC1. The third-order valence-electron chi connectivity index (χ3n) is 3.62. The second-order valence-corrected chi connectivity index (χ2v) is 6.95. The number of pyridine rings is 1. The van der Waals surface area contributed by atoms with Crippen molar-refractivity contribution in [2.75, 3.05) is 12.8 Å². The van der Waals surface area contributed by atoms with Crippen molar-refractivity contribution in [1.82, 2.24) is 9.88 Å². The van der Waals surface area contributed by atoms with Crippen LogP contribution in [0.25, 0.3) is 0 Å². The summed E-state index contributed by atoms with van der Waals surface area (Å²) >= 11 is 3.29. The molecule has 0 aliphatic heterocycles. The predicted octanol–water partition coefficient (Wildman–Crippen LogP) is 3.71. The average molecular weight is 318 g/mol. The van der Waals surface area contributed by atoms with Crippen LogP contribution in [0.1, 0.15) is 28.1 Å². The minimum Gasteiger partial charge on any atom is -0.335 e. The molecule has 0 spiro atoms. The van der Waals surface area contributed by atoms with E-state index in [9.17, 15) is 4.79 Å². The smallest absolute Gasteiger partial charge is 0.256 e. The molecule has 3 rings (SSSR count). The Labute approximate surface area is 133 Å². The summed E-state index contributed by atoms with van der Waals surface area (Å²) < 4.78 is 0. The van der Waals surface area contributed by atoms with Crippen LogP contribution in [0.15, 0.2) is 40.9 Å². The van der Waals surface area contributed by atoms with Crippen LogP contribution in [0.2, 0.25) is 0 Å². The van der Waals surface area contributed by atoms with E-state index in [4.69, 9.17) is 0 Å². The highest BCUT2D eigenvalue weighted by Crippen LogP contribution is 2.30. The maximum absolute atomic E-state index is 12.8. The standard InChI is InChI=1S/C16H18N2OS2/c1-20-15-14(5-2-9-17-15)16(19)18(12-6-7-12)10-8-13-4-3-11-21-13/h2-5,9,11-12H,6-8,10H2,1H3. The van der Waals surface area contributed by atoms with Gasteiger partial charge in [-0.1, -0.05) is 6.07 Å². The molecule has 0 radical (unpaired) electrons. The molecule has 1 aliphatic rings. The van der Waals surface area contributed by atoms with Gasteiger partial charge in [0, 0.05) is 23.7 Å². The summed E-state index contributed by atoms with van der Waals surface area (Å²) in [7, 11) is 0. The Hall–Kier alpha value is -1.33. The van der Waals surface area contributed by atoms with Crippen molar-refractivity contribution >= 4 is 29.0 Å². The first-order chi connectivity index (χ1) is 10.3. The van der Waals surface area contributed by atoms with Crippen LogP contribution >= 0.6 is 23.1 Å². The van der Waals surface area contributed by atoms with E-state index in [1.807, 2.05) is 23.3 Å². The van der Waals surface area contributed by atoms with Crippen molar-refractivity contribution in [3.8, 4) is 0 Å². The number of hydrogen-bond acceptors (Lipinski definition) is 4. The van der Waals surface area contributed by atoms with Gasteiger partial charge in [-0.05, 0) is 49.1 Å². The molecule has 1 saturated carbocycles. The molecule has 2 heterocycles. The van der Waals surface area contributed by atoms with Gasteiger partial charge in [0.05, 0.1) is 5.56 Å². The number of carbonyl (C=O) groups excluding carboxylic acids is 1. The van der Waals surface area contributed by atoms with Gasteiger partial charge in [-0.3, -0.25) is 4.79 Å². The van der Waals surface area contributed by atoms with E-state index in [0.717, 1.165) is 36.4 Å². The predicted molar refractivity (Wildman–Crippen MR) is 88.1 cm³/mol. The highest BCUT2D eigenvalue weighted by Gasteiger charge is 2.33. The molecule has 110 valence electrons. The Kier molecular flexibility index (Phi) is 4.60. The zero-order chi connectivity index (χ0) is 14.7. The molecule has 0 atom stereocenters. The van der Waals surface area contributed by atoms with Crippen molar-refractivity contribution in [2.45, 2.75) is 30.3 Å². The highest BCUT2D eigenvalue weighted by molar-refractivity contribution is 7.98. The van der Waals surface area contributed by atoms with Gasteiger partial charge in [0.1, 0.15) is 5.03 Å². The highest BCUT2D eigenvalue weighted by atomic mass is 32.2. The second kappa shape index (κ2) is 6.62. The van der Waals surface area contributed by atoms with Crippen LogP contribution in [-0.2, 0) is 6.42 Å². The number of nitrogens with zero attached hydrogens (tertiary/aromatic N) is 2. The minimum absolute atomic E-state index is 0.131. The van der Waals surface area contributed by atoms with Gasteiger partial charge in [0.25, 0.3) is 5.91 Å². The van der Waals surface area contributed by atoms with Gasteiger partial charge in [-0.2, -0.15) is 0 Å². The van der Waals surface area contributed by atoms with Crippen LogP contribution in [0.3, 0.4) is 0 Å². The van der Waals surface area contributed by atoms with Crippen LogP contribution in [0.4, 0.5) is 0 Å². The van der Waals surface area contributed by atoms with E-state index in [0.29, 0.717) is 6.04 Å². The van der Waals surface area contributed by atoms with Gasteiger partial charge in [-0.15, -0.1) is 23.1 Å². The number of rotatable bonds is 6. The van der Waals surface area contributed by atoms with E-state index in [1.165, 1.54) is 16.6 Å². The maximum atomic E-state index is 12.8. The first-order valence-electron chi connectivity index (χ1n) is 7.12. The summed E-state index contributed by atoms with van der Waals surface area (Å²) in [5.41, 5.74) is 0.739. The van der Waals surface area contributed by atoms with Crippen molar-refractivity contribution in [3.05, 3.63) is 46.3 Å². The van der Waals surface area contributed by atoms with Gasteiger partial charge in [0.2, 0.25) is 0 Å². The first-order valence-corrected chi connectivity index (χ1v) is 9.22. The lowest BCUT2D eigenvalue weighted by molar-refractivity contribution is 0.0741. The molecule has 1 amide bonds. The molecule has 2 aromatic rings. The Morgan fingerprint density at radius 1 is 1.43 bits per heavy atom. The lowest BCUT2D eigenvalue weighted by Crippen LogP contribution is -2.35. The van der Waals surface area contributed by atoms with Gasteiger partial charge >= 0.3 is 0 Å². The van der Waals surface area contributed by atoms with E-state index in [-0.39, 0.29) is 5.91 Å². The molecule has 0 aromatic carbocycles. The lowest BCUT2D eigenvalue weighted by atomic mass is 10.2. The Bertz CT molecular complexity index is 608. The summed E-state index contributed by atoms with van der Waals surface area (Å²) in [5.74, 6) is 0.131. The topological polar surface area (TPSA) is 33.2 Å². The van der Waals surface area contributed by atoms with Gasteiger partial charge in [-0.25, -0.2) is 4.98 Å². The quantitative estimate of drug-likeness (QED) is 0.761. The van der Waals surface area contributed by atoms with Crippen molar-refractivity contribution in [2.24, 2.45) is 0 Å². The first kappa shape index (κ1) is 14.6. The molecule has 0 unspecified atom stereocenters. The molecular weight excluding hydrogens is 300 g/mol. The zero-order valence-corrected chi connectivity index (χ0v) is 13.6. The van der Waals surface area contributed by atoms with Crippen LogP contribution in [-0.4, -0.2) is 34.6 Å². The van der Waals surface area contributed by atoms with Crippen molar-refractivity contribution in [3.63, 3.8) is 0 Å². The number of thiophene rings is 1.